The van der Waals surface area contributed by atoms with Crippen molar-refractivity contribution in [3.63, 3.8) is 0 Å². The zero-order chi connectivity index (χ0) is 19.6. The number of aryl methyl sites for hydroxylation is 1. The molecular formula is C19H23N3O4S. The van der Waals surface area contributed by atoms with E-state index in [1.165, 1.54) is 28.6 Å². The molecule has 1 amide bonds. The maximum atomic E-state index is 12.8. The summed E-state index contributed by atoms with van der Waals surface area (Å²) in [5.41, 5.74) is 1.16. The molecule has 1 aromatic heterocycles. The normalized spacial score (nSPS) is 21.0. The Morgan fingerprint density at radius 1 is 1.11 bits per heavy atom. The molecule has 2 aromatic rings. The average Bonchev–Trinajstić information content (AvgIpc) is 2.61. The zero-order valence-electron chi connectivity index (χ0n) is 15.5. The summed E-state index contributed by atoms with van der Waals surface area (Å²) < 4.78 is 32.7. The highest BCUT2D eigenvalue weighted by Gasteiger charge is 2.32. The fourth-order valence-corrected chi connectivity index (χ4v) is 4.65. The molecular weight excluding hydrogens is 366 g/mol. The maximum absolute atomic E-state index is 12.8. The van der Waals surface area contributed by atoms with E-state index in [0.29, 0.717) is 24.5 Å². The first kappa shape index (κ1) is 19.5. The van der Waals surface area contributed by atoms with E-state index in [2.05, 4.69) is 10.3 Å². The number of pyridine rings is 1. The Morgan fingerprint density at radius 2 is 1.74 bits per heavy atom. The van der Waals surface area contributed by atoms with E-state index in [1.54, 1.807) is 12.1 Å². The number of nitrogens with one attached hydrogen (secondary N) is 1. The predicted molar refractivity (Wildman–Crippen MR) is 102 cm³/mol. The molecule has 1 saturated heterocycles. The number of nitrogens with zero attached hydrogens (tertiary/aromatic N) is 2. The van der Waals surface area contributed by atoms with Crippen LogP contribution in [0.3, 0.4) is 0 Å². The van der Waals surface area contributed by atoms with Gasteiger partial charge in [-0.1, -0.05) is 6.07 Å². The van der Waals surface area contributed by atoms with Gasteiger partial charge in [-0.2, -0.15) is 4.31 Å². The van der Waals surface area contributed by atoms with E-state index < -0.39 is 10.0 Å². The molecule has 1 fully saturated rings. The Bertz CT molecular complexity index is 918. The van der Waals surface area contributed by atoms with E-state index in [-0.39, 0.29) is 23.0 Å². The molecule has 2 heterocycles. The Kier molecular flexibility index (Phi) is 5.59. The largest absolute Gasteiger partial charge is 0.373 e. The van der Waals surface area contributed by atoms with E-state index >= 15 is 0 Å². The van der Waals surface area contributed by atoms with Crippen molar-refractivity contribution in [2.75, 3.05) is 18.4 Å². The van der Waals surface area contributed by atoms with Gasteiger partial charge in [-0.15, -0.1) is 0 Å². The summed E-state index contributed by atoms with van der Waals surface area (Å²) in [7, 11) is -3.63. The predicted octanol–water partition coefficient (Wildman–Crippen LogP) is 2.44. The smallest absolute Gasteiger partial charge is 0.256 e. The van der Waals surface area contributed by atoms with Crippen molar-refractivity contribution in [2.24, 2.45) is 0 Å². The first-order valence-electron chi connectivity index (χ1n) is 8.76. The molecule has 8 heteroatoms. The van der Waals surface area contributed by atoms with Gasteiger partial charge in [-0.05, 0) is 57.2 Å². The molecule has 0 spiro atoms. The molecule has 0 bridgehead atoms. The van der Waals surface area contributed by atoms with Crippen LogP contribution in [-0.2, 0) is 14.8 Å². The number of morpholine rings is 1. The van der Waals surface area contributed by atoms with Crippen LogP contribution in [0.15, 0.2) is 47.4 Å². The summed E-state index contributed by atoms with van der Waals surface area (Å²) in [5, 5.41) is 2.71. The van der Waals surface area contributed by atoms with Crippen LogP contribution in [0.25, 0.3) is 0 Å². The summed E-state index contributed by atoms with van der Waals surface area (Å²) in [6.07, 6.45) is -0.314. The van der Waals surface area contributed by atoms with Gasteiger partial charge in [0.2, 0.25) is 10.0 Å². The number of benzene rings is 1. The van der Waals surface area contributed by atoms with E-state index in [1.807, 2.05) is 26.8 Å². The van der Waals surface area contributed by atoms with Crippen molar-refractivity contribution in [3.05, 3.63) is 53.7 Å². The molecule has 2 atom stereocenters. The average molecular weight is 389 g/mol. The monoisotopic (exact) mass is 389 g/mol. The molecule has 7 nitrogen and oxygen atoms in total. The van der Waals surface area contributed by atoms with Crippen molar-refractivity contribution < 1.29 is 17.9 Å². The van der Waals surface area contributed by atoms with E-state index in [9.17, 15) is 13.2 Å². The molecule has 144 valence electrons. The first-order valence-corrected chi connectivity index (χ1v) is 10.2. The number of rotatable bonds is 4. The lowest BCUT2D eigenvalue weighted by Gasteiger charge is -2.34. The van der Waals surface area contributed by atoms with Crippen molar-refractivity contribution in [3.8, 4) is 0 Å². The minimum atomic E-state index is -3.63. The summed E-state index contributed by atoms with van der Waals surface area (Å²) in [4.78, 5) is 16.7. The van der Waals surface area contributed by atoms with Gasteiger partial charge in [0.15, 0.2) is 0 Å². The van der Waals surface area contributed by atoms with Gasteiger partial charge in [-0.25, -0.2) is 13.4 Å². The lowest BCUT2D eigenvalue weighted by molar-refractivity contribution is -0.0440. The topological polar surface area (TPSA) is 88.6 Å². The zero-order valence-corrected chi connectivity index (χ0v) is 16.4. The molecule has 1 aliphatic rings. The van der Waals surface area contributed by atoms with Gasteiger partial charge in [0.05, 0.1) is 17.1 Å². The Hall–Kier alpha value is -2.29. The summed E-state index contributed by atoms with van der Waals surface area (Å²) >= 11 is 0. The number of carbonyl (C=O) groups is 1. The fourth-order valence-electron chi connectivity index (χ4n) is 3.06. The number of sulfonamides is 1. The minimum absolute atomic E-state index is 0.157. The van der Waals surface area contributed by atoms with Crippen molar-refractivity contribution >= 4 is 21.7 Å². The summed E-state index contributed by atoms with van der Waals surface area (Å²) in [6, 6.07) is 11.3. The lowest BCUT2D eigenvalue weighted by atomic mass is 10.2. The molecule has 1 N–H and O–H groups in total. The Morgan fingerprint density at radius 3 is 2.33 bits per heavy atom. The number of anilines is 1. The molecule has 0 saturated carbocycles. The SMILES string of the molecule is Cc1cccc(NC(=O)c2ccc(S(=O)(=O)N3C[C@H](C)O[C@@H](C)C3)cc2)n1. The molecule has 27 heavy (non-hydrogen) atoms. The van der Waals surface area contributed by atoms with Crippen molar-refractivity contribution in [1.29, 1.82) is 0 Å². The molecule has 1 aliphatic heterocycles. The fraction of sp³-hybridized carbons (Fsp3) is 0.368. The van der Waals surface area contributed by atoms with Crippen LogP contribution in [0.1, 0.15) is 29.9 Å². The summed E-state index contributed by atoms with van der Waals surface area (Å²) in [6.45, 7) is 6.17. The second kappa shape index (κ2) is 7.75. The Labute approximate surface area is 159 Å². The lowest BCUT2D eigenvalue weighted by Crippen LogP contribution is -2.48. The van der Waals surface area contributed by atoms with Gasteiger partial charge < -0.3 is 10.1 Å². The van der Waals surface area contributed by atoms with Crippen LogP contribution in [0, 0.1) is 6.92 Å². The van der Waals surface area contributed by atoms with Gasteiger partial charge in [0, 0.05) is 24.3 Å². The number of hydrogen-bond acceptors (Lipinski definition) is 5. The van der Waals surface area contributed by atoms with E-state index in [4.69, 9.17) is 4.74 Å². The van der Waals surface area contributed by atoms with Crippen LogP contribution in [0.4, 0.5) is 5.82 Å². The number of aromatic nitrogens is 1. The van der Waals surface area contributed by atoms with Gasteiger partial charge in [0.1, 0.15) is 5.82 Å². The van der Waals surface area contributed by atoms with Gasteiger partial charge >= 0.3 is 0 Å². The van der Waals surface area contributed by atoms with Crippen molar-refractivity contribution in [2.45, 2.75) is 37.9 Å². The van der Waals surface area contributed by atoms with Crippen LogP contribution in [-0.4, -0.2) is 48.9 Å². The molecule has 1 aromatic carbocycles. The minimum Gasteiger partial charge on any atom is -0.373 e. The number of ether oxygens (including phenoxy) is 1. The van der Waals surface area contributed by atoms with Gasteiger partial charge in [0.25, 0.3) is 5.91 Å². The standard InChI is InChI=1S/C19H23N3O4S/c1-13-5-4-6-18(20-13)21-19(23)16-7-9-17(10-8-16)27(24,25)22-11-14(2)26-15(3)12-22/h4-10,14-15H,11-12H2,1-3H3,(H,20,21,23)/t14-,15-/m0/s1. The first-order chi connectivity index (χ1) is 12.8. The maximum Gasteiger partial charge on any atom is 0.256 e. The van der Waals surface area contributed by atoms with Crippen LogP contribution >= 0.6 is 0 Å². The van der Waals surface area contributed by atoms with Crippen LogP contribution in [0.2, 0.25) is 0 Å². The summed E-state index contributed by atoms with van der Waals surface area (Å²) in [5.74, 6) is 0.110. The Balaban J connectivity index is 1.75. The molecule has 3 rings (SSSR count). The highest BCUT2D eigenvalue weighted by atomic mass is 32.2. The van der Waals surface area contributed by atoms with Crippen molar-refractivity contribution in [1.82, 2.24) is 9.29 Å². The number of amides is 1. The van der Waals surface area contributed by atoms with Gasteiger partial charge in [-0.3, -0.25) is 4.79 Å². The molecule has 0 radical (unpaired) electrons. The third kappa shape index (κ3) is 4.52. The number of carbonyl (C=O) groups excluding carboxylic acids is 1. The van der Waals surface area contributed by atoms with E-state index in [0.717, 1.165) is 5.69 Å². The van der Waals surface area contributed by atoms with Crippen LogP contribution < -0.4 is 5.32 Å². The highest BCUT2D eigenvalue weighted by Crippen LogP contribution is 2.21. The highest BCUT2D eigenvalue weighted by molar-refractivity contribution is 7.89. The second-order valence-electron chi connectivity index (χ2n) is 6.72. The number of hydrogen-bond donors (Lipinski definition) is 1. The second-order valence-corrected chi connectivity index (χ2v) is 8.66. The third-order valence-electron chi connectivity index (χ3n) is 4.27. The molecule has 0 aliphatic carbocycles. The third-order valence-corrected chi connectivity index (χ3v) is 6.12. The quantitative estimate of drug-likeness (QED) is 0.868. The molecule has 0 unspecified atom stereocenters. The van der Waals surface area contributed by atoms with Crippen LogP contribution in [0.5, 0.6) is 0 Å².